The third-order valence-electron chi connectivity index (χ3n) is 6.41. The van der Waals surface area contributed by atoms with Gasteiger partial charge in [0.05, 0.1) is 18.0 Å². The summed E-state index contributed by atoms with van der Waals surface area (Å²) in [6, 6.07) is 22.9. The molecule has 1 aliphatic rings. The summed E-state index contributed by atoms with van der Waals surface area (Å²) in [7, 11) is 0. The Balaban J connectivity index is 1.45. The largest absolute Gasteiger partial charge is 0.459 e. The zero-order valence-electron chi connectivity index (χ0n) is 19.6. The topological polar surface area (TPSA) is 48.7 Å². The molecule has 1 saturated heterocycles. The third kappa shape index (κ3) is 5.01. The van der Waals surface area contributed by atoms with E-state index in [2.05, 4.69) is 40.2 Å². The fourth-order valence-electron chi connectivity index (χ4n) is 4.66. The minimum absolute atomic E-state index is 0.0255. The Morgan fingerprint density at radius 1 is 1.03 bits per heavy atom. The number of benzene rings is 2. The van der Waals surface area contributed by atoms with Crippen LogP contribution < -0.4 is 10.2 Å². The van der Waals surface area contributed by atoms with Gasteiger partial charge in [0, 0.05) is 36.6 Å². The van der Waals surface area contributed by atoms with E-state index in [0.29, 0.717) is 5.69 Å². The lowest BCUT2D eigenvalue weighted by molar-refractivity contribution is 0.0996. The van der Waals surface area contributed by atoms with Gasteiger partial charge in [-0.3, -0.25) is 9.69 Å². The molecule has 180 valence electrons. The number of amides is 1. The molecule has 1 N–H and O–H groups in total. The van der Waals surface area contributed by atoms with Crippen molar-refractivity contribution < 1.29 is 13.6 Å². The lowest BCUT2D eigenvalue weighted by atomic mass is 9.97. The lowest BCUT2D eigenvalue weighted by Gasteiger charge is -2.40. The number of hydrogen-bond acceptors (Lipinski definition) is 5. The van der Waals surface area contributed by atoms with Gasteiger partial charge in [-0.05, 0) is 42.3 Å². The first-order valence-electron chi connectivity index (χ1n) is 11.9. The number of thiophene rings is 1. The highest BCUT2D eigenvalue weighted by atomic mass is 32.1. The van der Waals surface area contributed by atoms with Gasteiger partial charge in [-0.1, -0.05) is 49.4 Å². The maximum absolute atomic E-state index is 14.4. The average molecular weight is 490 g/mol. The van der Waals surface area contributed by atoms with Gasteiger partial charge < -0.3 is 14.6 Å². The predicted octanol–water partition coefficient (Wildman–Crippen LogP) is 6.21. The van der Waals surface area contributed by atoms with Gasteiger partial charge in [0.15, 0.2) is 5.76 Å². The van der Waals surface area contributed by atoms with Crippen LogP contribution in [0.15, 0.2) is 83.5 Å². The van der Waals surface area contributed by atoms with Gasteiger partial charge in [-0.25, -0.2) is 4.39 Å². The van der Waals surface area contributed by atoms with E-state index in [4.69, 9.17) is 4.42 Å². The Morgan fingerprint density at radius 3 is 2.46 bits per heavy atom. The SMILES string of the molecule is CCc1cc(C(c2ccccc2)N2CCN(c3ccccc3F)CC2)c(NC(=O)c2ccco2)s1. The number of rotatable bonds is 7. The molecular weight excluding hydrogens is 461 g/mol. The van der Waals surface area contributed by atoms with Crippen LogP contribution in [0, 0.1) is 5.82 Å². The van der Waals surface area contributed by atoms with E-state index in [1.807, 2.05) is 30.3 Å². The monoisotopic (exact) mass is 489 g/mol. The Labute approximate surface area is 208 Å². The van der Waals surface area contributed by atoms with Crippen molar-refractivity contribution in [3.05, 3.63) is 107 Å². The molecule has 1 fully saturated rings. The van der Waals surface area contributed by atoms with E-state index in [1.54, 1.807) is 29.5 Å². The van der Waals surface area contributed by atoms with Crippen LogP contribution >= 0.6 is 11.3 Å². The number of para-hydroxylation sites is 1. The first-order chi connectivity index (χ1) is 17.1. The molecule has 5 rings (SSSR count). The van der Waals surface area contributed by atoms with Crippen LogP contribution in [-0.2, 0) is 6.42 Å². The molecule has 0 spiro atoms. The Kier molecular flexibility index (Phi) is 6.97. The third-order valence-corrected chi connectivity index (χ3v) is 7.63. The van der Waals surface area contributed by atoms with E-state index in [0.717, 1.165) is 43.2 Å². The number of carbonyl (C=O) groups excluding carboxylic acids is 1. The Morgan fingerprint density at radius 2 is 1.77 bits per heavy atom. The predicted molar refractivity (Wildman–Crippen MR) is 139 cm³/mol. The van der Waals surface area contributed by atoms with Crippen molar-refractivity contribution in [2.75, 3.05) is 36.4 Å². The second-order valence-electron chi connectivity index (χ2n) is 8.57. The van der Waals surface area contributed by atoms with Crippen molar-refractivity contribution in [3.8, 4) is 0 Å². The minimum Gasteiger partial charge on any atom is -0.459 e. The molecule has 1 atom stereocenters. The van der Waals surface area contributed by atoms with Crippen molar-refractivity contribution in [1.82, 2.24) is 4.90 Å². The first kappa shape index (κ1) is 23.3. The molecule has 1 amide bonds. The first-order valence-corrected chi connectivity index (χ1v) is 12.7. The summed E-state index contributed by atoms with van der Waals surface area (Å²) in [6.07, 6.45) is 2.39. The maximum Gasteiger partial charge on any atom is 0.291 e. The van der Waals surface area contributed by atoms with Gasteiger partial charge in [-0.2, -0.15) is 0 Å². The summed E-state index contributed by atoms with van der Waals surface area (Å²) in [5.74, 6) is -0.150. The summed E-state index contributed by atoms with van der Waals surface area (Å²) in [5.41, 5.74) is 2.90. The molecule has 3 heterocycles. The molecule has 0 saturated carbocycles. The lowest BCUT2D eigenvalue weighted by Crippen LogP contribution is -2.48. The zero-order chi connectivity index (χ0) is 24.2. The molecule has 1 aliphatic heterocycles. The number of hydrogen-bond donors (Lipinski definition) is 1. The van der Waals surface area contributed by atoms with Gasteiger partial charge in [0.25, 0.3) is 5.91 Å². The van der Waals surface area contributed by atoms with Crippen LogP contribution in [0.1, 0.15) is 39.5 Å². The maximum atomic E-state index is 14.4. The highest BCUT2D eigenvalue weighted by molar-refractivity contribution is 7.16. The summed E-state index contributed by atoms with van der Waals surface area (Å²) >= 11 is 1.61. The van der Waals surface area contributed by atoms with Crippen LogP contribution in [0.5, 0.6) is 0 Å². The van der Waals surface area contributed by atoms with Crippen molar-refractivity contribution >= 4 is 27.9 Å². The number of piperazine rings is 1. The molecule has 4 aromatic rings. The van der Waals surface area contributed by atoms with Crippen molar-refractivity contribution in [3.63, 3.8) is 0 Å². The molecular formula is C28H28FN3O2S. The summed E-state index contributed by atoms with van der Waals surface area (Å²) < 4.78 is 19.7. The highest BCUT2D eigenvalue weighted by Crippen LogP contribution is 2.40. The normalized spacial score (nSPS) is 15.2. The van der Waals surface area contributed by atoms with Crippen LogP contribution in [0.25, 0.3) is 0 Å². The van der Waals surface area contributed by atoms with E-state index >= 15 is 0 Å². The molecule has 0 aliphatic carbocycles. The second kappa shape index (κ2) is 10.5. The fourth-order valence-corrected chi connectivity index (χ4v) is 5.68. The molecule has 1 unspecified atom stereocenters. The van der Waals surface area contributed by atoms with Crippen LogP contribution in [0.3, 0.4) is 0 Å². The number of furan rings is 1. The van der Waals surface area contributed by atoms with E-state index in [9.17, 15) is 9.18 Å². The quantitative estimate of drug-likeness (QED) is 0.335. The number of halogens is 1. The fraction of sp³-hybridized carbons (Fsp3) is 0.250. The highest BCUT2D eigenvalue weighted by Gasteiger charge is 2.30. The summed E-state index contributed by atoms with van der Waals surface area (Å²) in [4.78, 5) is 18.6. The number of anilines is 2. The number of aryl methyl sites for hydroxylation is 1. The smallest absolute Gasteiger partial charge is 0.291 e. The zero-order valence-corrected chi connectivity index (χ0v) is 20.4. The van der Waals surface area contributed by atoms with E-state index in [-0.39, 0.29) is 23.5 Å². The minimum atomic E-state index is -0.253. The Hall–Kier alpha value is -3.42. The molecule has 5 nitrogen and oxygen atoms in total. The molecule has 0 bridgehead atoms. The standard InChI is InChI=1S/C28H28FN3O2S/c1-2-21-19-22(28(35-21)30-27(33)25-13-8-18-34-25)26(20-9-4-3-5-10-20)32-16-14-31(15-17-32)24-12-7-6-11-23(24)29/h3-13,18-19,26H,2,14-17H2,1H3,(H,30,33). The average Bonchev–Trinajstić information content (AvgIpc) is 3.57. The molecule has 35 heavy (non-hydrogen) atoms. The number of nitrogens with zero attached hydrogens (tertiary/aromatic N) is 2. The van der Waals surface area contributed by atoms with Crippen LogP contribution in [0.2, 0.25) is 0 Å². The van der Waals surface area contributed by atoms with E-state index in [1.165, 1.54) is 22.8 Å². The van der Waals surface area contributed by atoms with Gasteiger partial charge in [0.1, 0.15) is 10.8 Å². The number of nitrogens with one attached hydrogen (secondary N) is 1. The van der Waals surface area contributed by atoms with Crippen LogP contribution in [-0.4, -0.2) is 37.0 Å². The van der Waals surface area contributed by atoms with Gasteiger partial charge in [0.2, 0.25) is 0 Å². The molecule has 0 radical (unpaired) electrons. The molecule has 2 aromatic carbocycles. The Bertz CT molecular complexity index is 1260. The molecule has 7 heteroatoms. The number of carbonyl (C=O) groups is 1. The summed E-state index contributed by atoms with van der Waals surface area (Å²) in [5, 5.41) is 3.94. The van der Waals surface area contributed by atoms with E-state index < -0.39 is 0 Å². The van der Waals surface area contributed by atoms with Gasteiger partial charge >= 0.3 is 0 Å². The van der Waals surface area contributed by atoms with Crippen molar-refractivity contribution in [2.24, 2.45) is 0 Å². The second-order valence-corrected chi connectivity index (χ2v) is 9.71. The van der Waals surface area contributed by atoms with Crippen LogP contribution in [0.4, 0.5) is 15.1 Å². The molecule has 2 aromatic heterocycles. The van der Waals surface area contributed by atoms with Crippen molar-refractivity contribution in [2.45, 2.75) is 19.4 Å². The summed E-state index contributed by atoms with van der Waals surface area (Å²) in [6.45, 7) is 5.12. The van der Waals surface area contributed by atoms with Crippen molar-refractivity contribution in [1.29, 1.82) is 0 Å². The van der Waals surface area contributed by atoms with Gasteiger partial charge in [-0.15, -0.1) is 11.3 Å².